The van der Waals surface area contributed by atoms with Crippen LogP contribution in [-0.4, -0.2) is 13.6 Å². The van der Waals surface area contributed by atoms with Crippen LogP contribution < -0.4 is 5.32 Å². The lowest BCUT2D eigenvalue weighted by Gasteiger charge is -2.29. The molecule has 1 fully saturated rings. The largest absolute Gasteiger partial charge is 0.320 e. The summed E-state index contributed by atoms with van der Waals surface area (Å²) in [5.41, 5.74) is 2.03. The lowest BCUT2D eigenvalue weighted by Crippen LogP contribution is -2.23. The van der Waals surface area contributed by atoms with Crippen LogP contribution in [0.5, 0.6) is 0 Å². The van der Waals surface area contributed by atoms with E-state index in [1.165, 1.54) is 50.5 Å². The summed E-state index contributed by atoms with van der Waals surface area (Å²) < 4.78 is 0. The molecule has 1 aromatic carbocycles. The second-order valence-electron chi connectivity index (χ2n) is 5.69. The van der Waals surface area contributed by atoms with Crippen molar-refractivity contribution in [3.63, 3.8) is 0 Å². The number of hydrogen-bond donors (Lipinski definition) is 1. The summed E-state index contributed by atoms with van der Waals surface area (Å²) in [5, 5.41) is 4.15. The predicted molar refractivity (Wildman–Crippen MR) is 79.2 cm³/mol. The van der Waals surface area contributed by atoms with E-state index in [-0.39, 0.29) is 0 Å². The molecule has 0 atom stereocenters. The van der Waals surface area contributed by atoms with E-state index in [9.17, 15) is 0 Å². The van der Waals surface area contributed by atoms with E-state index in [2.05, 4.69) is 24.5 Å². The Labute approximate surface area is 116 Å². The van der Waals surface area contributed by atoms with Crippen molar-refractivity contribution in [3.8, 4) is 0 Å². The van der Waals surface area contributed by atoms with Gasteiger partial charge in [0.15, 0.2) is 0 Å². The Bertz CT molecular complexity index is 352. The Hall–Kier alpha value is -0.530. The number of hydrogen-bond acceptors (Lipinski definition) is 1. The molecule has 18 heavy (non-hydrogen) atoms. The third-order valence-corrected chi connectivity index (χ3v) is 4.68. The highest BCUT2D eigenvalue weighted by molar-refractivity contribution is 6.30. The van der Waals surface area contributed by atoms with Gasteiger partial charge in [0.05, 0.1) is 0 Å². The summed E-state index contributed by atoms with van der Waals surface area (Å²) in [4.78, 5) is 0. The molecule has 1 aromatic rings. The zero-order chi connectivity index (χ0) is 12.8. The molecule has 1 aliphatic rings. The molecule has 0 amide bonds. The number of aryl methyl sites for hydroxylation is 1. The average molecular weight is 266 g/mol. The second-order valence-corrected chi connectivity index (χ2v) is 6.12. The van der Waals surface area contributed by atoms with Gasteiger partial charge in [-0.2, -0.15) is 0 Å². The fourth-order valence-electron chi connectivity index (χ4n) is 3.20. The number of nitrogens with one attached hydrogen (secondary N) is 1. The lowest BCUT2D eigenvalue weighted by molar-refractivity contribution is 0.247. The van der Waals surface area contributed by atoms with Crippen LogP contribution in [0.25, 0.3) is 0 Å². The SMILES string of the molecule is CNCCC1(CCc2ccc(Cl)cc2)CCCC1. The average Bonchev–Trinajstić information content (AvgIpc) is 2.85. The van der Waals surface area contributed by atoms with Gasteiger partial charge in [0.1, 0.15) is 0 Å². The Balaban J connectivity index is 1.91. The number of halogens is 1. The predicted octanol–water partition coefficient (Wildman–Crippen LogP) is 4.44. The Morgan fingerprint density at radius 2 is 1.78 bits per heavy atom. The molecule has 0 aliphatic heterocycles. The molecule has 0 bridgehead atoms. The van der Waals surface area contributed by atoms with Gasteiger partial charge in [0.25, 0.3) is 0 Å². The van der Waals surface area contributed by atoms with Crippen molar-refractivity contribution < 1.29 is 0 Å². The molecule has 1 aliphatic carbocycles. The molecule has 0 aromatic heterocycles. The van der Waals surface area contributed by atoms with Gasteiger partial charge in [-0.3, -0.25) is 0 Å². The molecule has 0 saturated heterocycles. The van der Waals surface area contributed by atoms with E-state index in [1.54, 1.807) is 0 Å². The van der Waals surface area contributed by atoms with E-state index < -0.39 is 0 Å². The van der Waals surface area contributed by atoms with Gasteiger partial charge in [-0.25, -0.2) is 0 Å². The quantitative estimate of drug-likeness (QED) is 0.802. The summed E-state index contributed by atoms with van der Waals surface area (Å²) in [6.45, 7) is 1.15. The molecular formula is C16H24ClN. The van der Waals surface area contributed by atoms with Gasteiger partial charge in [-0.05, 0) is 68.8 Å². The van der Waals surface area contributed by atoms with E-state index in [4.69, 9.17) is 11.6 Å². The topological polar surface area (TPSA) is 12.0 Å². The fourth-order valence-corrected chi connectivity index (χ4v) is 3.33. The Morgan fingerprint density at radius 3 is 2.39 bits per heavy atom. The van der Waals surface area contributed by atoms with Gasteiger partial charge in [-0.1, -0.05) is 36.6 Å². The maximum Gasteiger partial charge on any atom is 0.0406 e. The molecule has 0 unspecified atom stereocenters. The summed E-state index contributed by atoms with van der Waals surface area (Å²) in [6.07, 6.45) is 9.54. The highest BCUT2D eigenvalue weighted by Crippen LogP contribution is 2.44. The molecule has 0 radical (unpaired) electrons. The van der Waals surface area contributed by atoms with Crippen LogP contribution in [-0.2, 0) is 6.42 Å². The third kappa shape index (κ3) is 3.73. The highest BCUT2D eigenvalue weighted by Gasteiger charge is 2.32. The number of rotatable bonds is 6. The van der Waals surface area contributed by atoms with Crippen LogP contribution in [0.15, 0.2) is 24.3 Å². The molecule has 0 heterocycles. The van der Waals surface area contributed by atoms with Crippen LogP contribution in [0.3, 0.4) is 0 Å². The first-order valence-corrected chi connectivity index (χ1v) is 7.51. The summed E-state index contributed by atoms with van der Waals surface area (Å²) >= 11 is 5.93. The zero-order valence-electron chi connectivity index (χ0n) is 11.3. The normalized spacial score (nSPS) is 18.1. The molecule has 2 heteroatoms. The third-order valence-electron chi connectivity index (χ3n) is 4.43. The van der Waals surface area contributed by atoms with Crippen molar-refractivity contribution in [2.24, 2.45) is 5.41 Å². The standard InChI is InChI=1S/C16H24ClN/c1-18-13-12-16(9-2-3-10-16)11-8-14-4-6-15(17)7-5-14/h4-7,18H,2-3,8-13H2,1H3. The van der Waals surface area contributed by atoms with Crippen molar-refractivity contribution in [1.82, 2.24) is 5.32 Å². The smallest absolute Gasteiger partial charge is 0.0406 e. The Morgan fingerprint density at radius 1 is 1.11 bits per heavy atom. The van der Waals surface area contributed by atoms with Gasteiger partial charge < -0.3 is 5.32 Å². The first-order chi connectivity index (χ1) is 8.74. The van der Waals surface area contributed by atoms with Crippen molar-refractivity contribution in [2.75, 3.05) is 13.6 Å². The first-order valence-electron chi connectivity index (χ1n) is 7.13. The van der Waals surface area contributed by atoms with E-state index in [0.717, 1.165) is 11.6 Å². The fraction of sp³-hybridized carbons (Fsp3) is 0.625. The lowest BCUT2D eigenvalue weighted by atomic mass is 9.77. The summed E-state index contributed by atoms with van der Waals surface area (Å²) in [7, 11) is 2.06. The van der Waals surface area contributed by atoms with Gasteiger partial charge in [0.2, 0.25) is 0 Å². The van der Waals surface area contributed by atoms with Crippen LogP contribution in [0, 0.1) is 5.41 Å². The maximum absolute atomic E-state index is 5.93. The van der Waals surface area contributed by atoms with Crippen LogP contribution >= 0.6 is 11.6 Å². The minimum absolute atomic E-state index is 0.600. The zero-order valence-corrected chi connectivity index (χ0v) is 12.1. The van der Waals surface area contributed by atoms with Gasteiger partial charge in [0, 0.05) is 5.02 Å². The van der Waals surface area contributed by atoms with Crippen LogP contribution in [0.4, 0.5) is 0 Å². The summed E-state index contributed by atoms with van der Waals surface area (Å²) in [5.74, 6) is 0. The molecule has 1 saturated carbocycles. The molecule has 1 N–H and O–H groups in total. The van der Waals surface area contributed by atoms with E-state index in [0.29, 0.717) is 5.41 Å². The van der Waals surface area contributed by atoms with Crippen molar-refractivity contribution >= 4 is 11.6 Å². The minimum Gasteiger partial charge on any atom is -0.320 e. The minimum atomic E-state index is 0.600. The van der Waals surface area contributed by atoms with Crippen LogP contribution in [0.2, 0.25) is 5.02 Å². The molecule has 2 rings (SSSR count). The van der Waals surface area contributed by atoms with Crippen molar-refractivity contribution in [2.45, 2.75) is 44.9 Å². The second kappa shape index (κ2) is 6.58. The van der Waals surface area contributed by atoms with E-state index in [1.807, 2.05) is 12.1 Å². The molecular weight excluding hydrogens is 242 g/mol. The first kappa shape index (κ1) is 13.9. The molecule has 0 spiro atoms. The maximum atomic E-state index is 5.93. The monoisotopic (exact) mass is 265 g/mol. The van der Waals surface area contributed by atoms with Gasteiger partial charge in [-0.15, -0.1) is 0 Å². The highest BCUT2D eigenvalue weighted by atomic mass is 35.5. The van der Waals surface area contributed by atoms with Crippen LogP contribution in [0.1, 0.15) is 44.1 Å². The van der Waals surface area contributed by atoms with Gasteiger partial charge >= 0.3 is 0 Å². The number of benzene rings is 1. The molecule has 1 nitrogen and oxygen atoms in total. The van der Waals surface area contributed by atoms with Crippen molar-refractivity contribution in [1.29, 1.82) is 0 Å². The summed E-state index contributed by atoms with van der Waals surface area (Å²) in [6, 6.07) is 8.35. The van der Waals surface area contributed by atoms with E-state index >= 15 is 0 Å². The Kier molecular flexibility index (Phi) is 5.08. The van der Waals surface area contributed by atoms with Crippen molar-refractivity contribution in [3.05, 3.63) is 34.9 Å². The molecule has 100 valence electrons.